The highest BCUT2D eigenvalue weighted by Gasteiger charge is 2.18. The molecule has 3 nitrogen and oxygen atoms in total. The second-order valence-corrected chi connectivity index (χ2v) is 5.10. The zero-order chi connectivity index (χ0) is 12.1. The first-order chi connectivity index (χ1) is 8.28. The Labute approximate surface area is 104 Å². The van der Waals surface area contributed by atoms with Gasteiger partial charge in [-0.1, -0.05) is 25.8 Å². The Morgan fingerprint density at radius 2 is 2.12 bits per heavy atom. The molecule has 0 bridgehead atoms. The van der Waals surface area contributed by atoms with Crippen molar-refractivity contribution >= 4 is 5.82 Å². The molecule has 1 fully saturated rings. The van der Waals surface area contributed by atoms with Crippen molar-refractivity contribution in [2.45, 2.75) is 39.2 Å². The van der Waals surface area contributed by atoms with E-state index in [1.165, 1.54) is 44.3 Å². The molecule has 1 aromatic heterocycles. The van der Waals surface area contributed by atoms with Gasteiger partial charge in [-0.3, -0.25) is 4.90 Å². The summed E-state index contributed by atoms with van der Waals surface area (Å²) in [6, 6.07) is 3.97. The Balaban J connectivity index is 1.79. The lowest BCUT2D eigenvalue weighted by Crippen LogP contribution is -2.33. The third-order valence-electron chi connectivity index (χ3n) is 3.66. The Bertz CT molecular complexity index is 326. The van der Waals surface area contributed by atoms with E-state index >= 15 is 0 Å². The van der Waals surface area contributed by atoms with Crippen molar-refractivity contribution < 1.29 is 0 Å². The van der Waals surface area contributed by atoms with Gasteiger partial charge in [-0.05, 0) is 43.5 Å². The summed E-state index contributed by atoms with van der Waals surface area (Å²) in [5, 5.41) is 0. The molecule has 2 heterocycles. The fourth-order valence-corrected chi connectivity index (χ4v) is 2.63. The quantitative estimate of drug-likeness (QED) is 0.869. The molecular weight excluding hydrogens is 210 g/mol. The maximum Gasteiger partial charge on any atom is 0.123 e. The summed E-state index contributed by atoms with van der Waals surface area (Å²) < 4.78 is 0. The van der Waals surface area contributed by atoms with Crippen LogP contribution in [-0.4, -0.2) is 23.0 Å². The molecule has 2 N–H and O–H groups in total. The standard InChI is InChI=1S/C14H23N3/c1-2-3-12-6-8-17(9-7-12)11-13-4-5-14(15)16-10-13/h4-5,10,12H,2-3,6-9,11H2,1H3,(H2,15,16). The van der Waals surface area contributed by atoms with E-state index in [0.717, 1.165) is 12.5 Å². The van der Waals surface area contributed by atoms with E-state index in [1.807, 2.05) is 12.3 Å². The molecule has 3 heteroatoms. The first-order valence-corrected chi connectivity index (χ1v) is 6.70. The molecule has 94 valence electrons. The average molecular weight is 233 g/mol. The van der Waals surface area contributed by atoms with Gasteiger partial charge in [0.2, 0.25) is 0 Å². The lowest BCUT2D eigenvalue weighted by atomic mass is 9.92. The molecule has 1 aromatic rings. The van der Waals surface area contributed by atoms with Crippen LogP contribution in [0.4, 0.5) is 5.82 Å². The van der Waals surface area contributed by atoms with Crippen LogP contribution in [0.5, 0.6) is 0 Å². The average Bonchev–Trinajstić information content (AvgIpc) is 2.35. The van der Waals surface area contributed by atoms with Crippen molar-refractivity contribution in [3.8, 4) is 0 Å². The van der Waals surface area contributed by atoms with E-state index in [2.05, 4.69) is 22.9 Å². The maximum atomic E-state index is 5.59. The molecular formula is C14H23N3. The Hall–Kier alpha value is -1.09. The number of nitrogens with zero attached hydrogens (tertiary/aromatic N) is 2. The molecule has 0 unspecified atom stereocenters. The van der Waals surface area contributed by atoms with Gasteiger partial charge in [0.15, 0.2) is 0 Å². The van der Waals surface area contributed by atoms with Crippen LogP contribution in [-0.2, 0) is 6.54 Å². The van der Waals surface area contributed by atoms with Crippen molar-refractivity contribution in [2.75, 3.05) is 18.8 Å². The Kier molecular flexibility index (Phi) is 4.37. The monoisotopic (exact) mass is 233 g/mol. The van der Waals surface area contributed by atoms with Crippen molar-refractivity contribution in [3.05, 3.63) is 23.9 Å². The lowest BCUT2D eigenvalue weighted by Gasteiger charge is -2.31. The summed E-state index contributed by atoms with van der Waals surface area (Å²) in [6.45, 7) is 5.77. The van der Waals surface area contributed by atoms with Crippen molar-refractivity contribution in [1.82, 2.24) is 9.88 Å². The van der Waals surface area contributed by atoms with E-state index in [-0.39, 0.29) is 0 Å². The van der Waals surface area contributed by atoms with Gasteiger partial charge in [0.05, 0.1) is 0 Å². The summed E-state index contributed by atoms with van der Waals surface area (Å²) in [6.07, 6.45) is 7.34. The van der Waals surface area contributed by atoms with Crippen LogP contribution >= 0.6 is 0 Å². The lowest BCUT2D eigenvalue weighted by molar-refractivity contribution is 0.171. The smallest absolute Gasteiger partial charge is 0.123 e. The number of nitrogens with two attached hydrogens (primary N) is 1. The van der Waals surface area contributed by atoms with Gasteiger partial charge in [-0.2, -0.15) is 0 Å². The van der Waals surface area contributed by atoms with Crippen molar-refractivity contribution in [2.24, 2.45) is 5.92 Å². The molecule has 1 aliphatic heterocycles. The maximum absolute atomic E-state index is 5.59. The van der Waals surface area contributed by atoms with Gasteiger partial charge in [0.25, 0.3) is 0 Å². The predicted octanol–water partition coefficient (Wildman–Crippen LogP) is 2.68. The molecule has 0 aromatic carbocycles. The van der Waals surface area contributed by atoms with Crippen LogP contribution < -0.4 is 5.73 Å². The molecule has 0 aliphatic carbocycles. The Morgan fingerprint density at radius 1 is 1.35 bits per heavy atom. The van der Waals surface area contributed by atoms with Gasteiger partial charge < -0.3 is 5.73 Å². The van der Waals surface area contributed by atoms with Crippen LogP contribution in [0.1, 0.15) is 38.2 Å². The first-order valence-electron chi connectivity index (χ1n) is 6.70. The number of pyridine rings is 1. The van der Waals surface area contributed by atoms with Gasteiger partial charge in [0, 0.05) is 12.7 Å². The normalized spacial score (nSPS) is 18.4. The molecule has 0 amide bonds. The molecule has 0 saturated carbocycles. The highest BCUT2D eigenvalue weighted by molar-refractivity contribution is 5.29. The van der Waals surface area contributed by atoms with E-state index in [0.29, 0.717) is 5.82 Å². The zero-order valence-corrected chi connectivity index (χ0v) is 10.7. The summed E-state index contributed by atoms with van der Waals surface area (Å²) >= 11 is 0. The number of hydrogen-bond acceptors (Lipinski definition) is 3. The SMILES string of the molecule is CCCC1CCN(Cc2ccc(N)nc2)CC1. The van der Waals surface area contributed by atoms with Crippen LogP contribution in [0.2, 0.25) is 0 Å². The van der Waals surface area contributed by atoms with Crippen LogP contribution in [0, 0.1) is 5.92 Å². The molecule has 0 spiro atoms. The molecule has 17 heavy (non-hydrogen) atoms. The summed E-state index contributed by atoms with van der Waals surface area (Å²) in [7, 11) is 0. The van der Waals surface area contributed by atoms with Gasteiger partial charge in [-0.15, -0.1) is 0 Å². The van der Waals surface area contributed by atoms with Crippen LogP contribution in [0.15, 0.2) is 18.3 Å². The largest absolute Gasteiger partial charge is 0.384 e. The minimum absolute atomic E-state index is 0.607. The number of anilines is 1. The van der Waals surface area contributed by atoms with Gasteiger partial charge in [-0.25, -0.2) is 4.98 Å². The second kappa shape index (κ2) is 6.01. The summed E-state index contributed by atoms with van der Waals surface area (Å²) in [5.41, 5.74) is 6.86. The highest BCUT2D eigenvalue weighted by Crippen LogP contribution is 2.22. The fraction of sp³-hybridized carbons (Fsp3) is 0.643. The predicted molar refractivity (Wildman–Crippen MR) is 71.6 cm³/mol. The van der Waals surface area contributed by atoms with Crippen molar-refractivity contribution in [1.29, 1.82) is 0 Å². The van der Waals surface area contributed by atoms with E-state index in [9.17, 15) is 0 Å². The zero-order valence-electron chi connectivity index (χ0n) is 10.7. The number of likely N-dealkylation sites (tertiary alicyclic amines) is 1. The van der Waals surface area contributed by atoms with Gasteiger partial charge >= 0.3 is 0 Å². The minimum atomic E-state index is 0.607. The molecule has 0 atom stereocenters. The van der Waals surface area contributed by atoms with E-state index in [1.54, 1.807) is 0 Å². The van der Waals surface area contributed by atoms with Crippen LogP contribution in [0.25, 0.3) is 0 Å². The number of hydrogen-bond donors (Lipinski definition) is 1. The third-order valence-corrected chi connectivity index (χ3v) is 3.66. The molecule has 1 aliphatic rings. The van der Waals surface area contributed by atoms with E-state index in [4.69, 9.17) is 5.73 Å². The Morgan fingerprint density at radius 3 is 2.71 bits per heavy atom. The van der Waals surface area contributed by atoms with E-state index < -0.39 is 0 Å². The van der Waals surface area contributed by atoms with Gasteiger partial charge in [0.1, 0.15) is 5.82 Å². The highest BCUT2D eigenvalue weighted by atomic mass is 15.1. The molecule has 2 rings (SSSR count). The molecule has 1 saturated heterocycles. The minimum Gasteiger partial charge on any atom is -0.384 e. The topological polar surface area (TPSA) is 42.1 Å². The van der Waals surface area contributed by atoms with Crippen molar-refractivity contribution in [3.63, 3.8) is 0 Å². The number of aromatic nitrogens is 1. The number of rotatable bonds is 4. The molecule has 0 radical (unpaired) electrons. The van der Waals surface area contributed by atoms with Crippen LogP contribution in [0.3, 0.4) is 0 Å². The number of nitrogen functional groups attached to an aromatic ring is 1. The summed E-state index contributed by atoms with van der Waals surface area (Å²) in [4.78, 5) is 6.67. The second-order valence-electron chi connectivity index (χ2n) is 5.10. The summed E-state index contributed by atoms with van der Waals surface area (Å²) in [5.74, 6) is 1.57. The number of piperidine rings is 1. The third kappa shape index (κ3) is 3.70. The first kappa shape index (κ1) is 12.4. The fourth-order valence-electron chi connectivity index (χ4n) is 2.63.